The highest BCUT2D eigenvalue weighted by atomic mass is 32.2. The third-order valence-electron chi connectivity index (χ3n) is 1.94. The number of H-pyrrole nitrogens is 1. The van der Waals surface area contributed by atoms with E-state index in [-0.39, 0.29) is 5.95 Å². The number of rotatable bonds is 3. The van der Waals surface area contributed by atoms with E-state index in [1.165, 1.54) is 18.1 Å². The van der Waals surface area contributed by atoms with Crippen LogP contribution in [0.4, 0.5) is 5.95 Å². The van der Waals surface area contributed by atoms with E-state index in [4.69, 9.17) is 5.73 Å². The Balaban J connectivity index is 1.96. The Morgan fingerprint density at radius 1 is 1.28 bits per heavy atom. The zero-order valence-corrected chi connectivity index (χ0v) is 9.74. The Hall–Kier alpha value is -2.49. The Kier molecular flexibility index (Phi) is 2.61. The summed E-state index contributed by atoms with van der Waals surface area (Å²) in [6, 6.07) is 0. The lowest BCUT2D eigenvalue weighted by Crippen LogP contribution is -2.06. The maximum atomic E-state index is 5.64. The van der Waals surface area contributed by atoms with Gasteiger partial charge in [0.15, 0.2) is 5.16 Å². The molecule has 3 aromatic rings. The van der Waals surface area contributed by atoms with Gasteiger partial charge in [-0.1, -0.05) is 0 Å². The normalized spacial score (nSPS) is 10.7. The lowest BCUT2D eigenvalue weighted by Gasteiger charge is -2.03. The first-order valence-corrected chi connectivity index (χ1v) is 5.66. The van der Waals surface area contributed by atoms with Gasteiger partial charge in [-0.2, -0.15) is 20.1 Å². The van der Waals surface area contributed by atoms with Crippen LogP contribution >= 0.6 is 11.8 Å². The van der Waals surface area contributed by atoms with Crippen LogP contribution in [0.2, 0.25) is 0 Å². The van der Waals surface area contributed by atoms with Gasteiger partial charge in [0.2, 0.25) is 17.1 Å². The SMILES string of the molecule is Nc1nc(Sc2ncn[nH]2)nc(-n2ccnc2)n1. The summed E-state index contributed by atoms with van der Waals surface area (Å²) < 4.78 is 1.64. The van der Waals surface area contributed by atoms with Gasteiger partial charge in [-0.3, -0.25) is 9.67 Å². The van der Waals surface area contributed by atoms with Crippen LogP contribution in [0, 0.1) is 0 Å². The third-order valence-corrected chi connectivity index (χ3v) is 2.69. The molecule has 18 heavy (non-hydrogen) atoms. The first kappa shape index (κ1) is 10.7. The Labute approximate surface area is 105 Å². The van der Waals surface area contributed by atoms with Crippen molar-refractivity contribution in [3.63, 3.8) is 0 Å². The number of aromatic amines is 1. The Bertz CT molecular complexity index is 633. The van der Waals surface area contributed by atoms with Gasteiger partial charge in [-0.25, -0.2) is 9.97 Å². The summed E-state index contributed by atoms with van der Waals surface area (Å²) in [5, 5.41) is 7.45. The molecule has 0 aliphatic rings. The van der Waals surface area contributed by atoms with Gasteiger partial charge in [0.1, 0.15) is 12.7 Å². The lowest BCUT2D eigenvalue weighted by atomic mass is 10.8. The first-order chi connectivity index (χ1) is 8.81. The highest BCUT2D eigenvalue weighted by Gasteiger charge is 2.08. The molecule has 0 amide bonds. The van der Waals surface area contributed by atoms with Crippen LogP contribution < -0.4 is 5.73 Å². The number of nitrogen functional groups attached to an aromatic ring is 1. The number of hydrogen-bond donors (Lipinski definition) is 2. The fraction of sp³-hybridized carbons (Fsp3) is 0. The van der Waals surface area contributed by atoms with Gasteiger partial charge in [0.05, 0.1) is 0 Å². The molecule has 0 radical (unpaired) electrons. The number of hydrogen-bond acceptors (Lipinski definition) is 8. The van der Waals surface area contributed by atoms with E-state index in [2.05, 4.69) is 35.1 Å². The lowest BCUT2D eigenvalue weighted by molar-refractivity contribution is 0.828. The summed E-state index contributed by atoms with van der Waals surface area (Å²) >= 11 is 1.21. The molecule has 3 heterocycles. The number of aromatic nitrogens is 8. The molecular formula is C8H7N9S. The third kappa shape index (κ3) is 2.13. The summed E-state index contributed by atoms with van der Waals surface area (Å²) in [6.45, 7) is 0. The van der Waals surface area contributed by atoms with Gasteiger partial charge in [0.25, 0.3) is 0 Å². The Morgan fingerprint density at radius 2 is 2.22 bits per heavy atom. The fourth-order valence-electron chi connectivity index (χ4n) is 1.23. The molecule has 0 aromatic carbocycles. The molecular weight excluding hydrogens is 254 g/mol. The molecule has 3 rings (SSSR count). The van der Waals surface area contributed by atoms with Crippen LogP contribution in [-0.2, 0) is 0 Å². The molecule has 0 fully saturated rings. The second-order valence-electron chi connectivity index (χ2n) is 3.14. The fourth-order valence-corrected chi connectivity index (χ4v) is 1.87. The van der Waals surface area contributed by atoms with Crippen molar-refractivity contribution in [3.05, 3.63) is 25.0 Å². The van der Waals surface area contributed by atoms with Crippen molar-refractivity contribution in [1.82, 2.24) is 39.7 Å². The standard InChI is InChI=1S/C8H7N9S/c9-5-13-6(17-2-1-10-4-17)15-8(14-5)18-7-11-3-12-16-7/h1-4H,(H,11,12,16)(H2,9,13,14,15). The van der Waals surface area contributed by atoms with Gasteiger partial charge in [-0.15, -0.1) is 0 Å². The van der Waals surface area contributed by atoms with Gasteiger partial charge >= 0.3 is 0 Å². The highest BCUT2D eigenvalue weighted by molar-refractivity contribution is 7.99. The predicted molar refractivity (Wildman–Crippen MR) is 61.9 cm³/mol. The van der Waals surface area contributed by atoms with Gasteiger partial charge < -0.3 is 5.73 Å². The molecule has 3 aromatic heterocycles. The minimum absolute atomic E-state index is 0.135. The van der Waals surface area contributed by atoms with Crippen molar-refractivity contribution in [2.75, 3.05) is 5.73 Å². The number of nitrogens with two attached hydrogens (primary N) is 1. The molecule has 0 spiro atoms. The second-order valence-corrected chi connectivity index (χ2v) is 4.09. The van der Waals surface area contributed by atoms with E-state index in [1.807, 2.05) is 0 Å². The molecule has 0 atom stereocenters. The number of imidazole rings is 1. The monoisotopic (exact) mass is 261 g/mol. The molecule has 0 bridgehead atoms. The molecule has 0 saturated carbocycles. The molecule has 0 saturated heterocycles. The van der Waals surface area contributed by atoms with Crippen LogP contribution in [0.15, 0.2) is 35.4 Å². The minimum atomic E-state index is 0.135. The zero-order chi connectivity index (χ0) is 12.4. The second kappa shape index (κ2) is 4.41. The van der Waals surface area contributed by atoms with Crippen LogP contribution in [-0.4, -0.2) is 39.7 Å². The van der Waals surface area contributed by atoms with Crippen LogP contribution in [0.25, 0.3) is 5.95 Å². The molecule has 0 aliphatic heterocycles. The van der Waals surface area contributed by atoms with E-state index in [0.717, 1.165) is 0 Å². The molecule has 9 nitrogen and oxygen atoms in total. The molecule has 0 aliphatic carbocycles. The maximum absolute atomic E-state index is 5.64. The van der Waals surface area contributed by atoms with Gasteiger partial charge in [-0.05, 0) is 11.8 Å². The highest BCUT2D eigenvalue weighted by Crippen LogP contribution is 2.20. The zero-order valence-electron chi connectivity index (χ0n) is 8.93. The quantitative estimate of drug-likeness (QED) is 0.670. The van der Waals surface area contributed by atoms with Crippen molar-refractivity contribution < 1.29 is 0 Å². The molecule has 90 valence electrons. The summed E-state index contributed by atoms with van der Waals surface area (Å²) in [4.78, 5) is 20.2. The first-order valence-electron chi connectivity index (χ1n) is 4.84. The summed E-state index contributed by atoms with van der Waals surface area (Å²) in [6.07, 6.45) is 6.34. The molecule has 0 unspecified atom stereocenters. The summed E-state index contributed by atoms with van der Waals surface area (Å²) in [7, 11) is 0. The van der Waals surface area contributed by atoms with Crippen molar-refractivity contribution in [1.29, 1.82) is 0 Å². The Morgan fingerprint density at radius 3 is 2.94 bits per heavy atom. The van der Waals surface area contributed by atoms with E-state index in [0.29, 0.717) is 16.3 Å². The van der Waals surface area contributed by atoms with Crippen LogP contribution in [0.5, 0.6) is 0 Å². The van der Waals surface area contributed by atoms with E-state index in [9.17, 15) is 0 Å². The smallest absolute Gasteiger partial charge is 0.240 e. The minimum Gasteiger partial charge on any atom is -0.368 e. The van der Waals surface area contributed by atoms with Gasteiger partial charge in [0, 0.05) is 12.4 Å². The van der Waals surface area contributed by atoms with Crippen molar-refractivity contribution in [3.8, 4) is 5.95 Å². The molecule has 3 N–H and O–H groups in total. The summed E-state index contributed by atoms with van der Waals surface area (Å²) in [5.74, 6) is 0.540. The van der Waals surface area contributed by atoms with E-state index in [1.54, 1.807) is 23.3 Å². The van der Waals surface area contributed by atoms with Crippen LogP contribution in [0.3, 0.4) is 0 Å². The predicted octanol–water partition coefficient (Wildman–Crippen LogP) is -0.0912. The van der Waals surface area contributed by atoms with Crippen molar-refractivity contribution in [2.45, 2.75) is 10.3 Å². The topological polar surface area (TPSA) is 124 Å². The largest absolute Gasteiger partial charge is 0.368 e. The molecule has 10 heteroatoms. The number of nitrogens with one attached hydrogen (secondary N) is 1. The maximum Gasteiger partial charge on any atom is 0.240 e. The van der Waals surface area contributed by atoms with Crippen LogP contribution in [0.1, 0.15) is 0 Å². The van der Waals surface area contributed by atoms with Crippen molar-refractivity contribution >= 4 is 17.7 Å². The summed E-state index contributed by atoms with van der Waals surface area (Å²) in [5.41, 5.74) is 5.64. The average Bonchev–Trinajstić information content (AvgIpc) is 3.00. The number of nitrogens with zero attached hydrogens (tertiary/aromatic N) is 7. The number of anilines is 1. The van der Waals surface area contributed by atoms with E-state index >= 15 is 0 Å². The van der Waals surface area contributed by atoms with E-state index < -0.39 is 0 Å². The average molecular weight is 261 g/mol. The van der Waals surface area contributed by atoms with Crippen molar-refractivity contribution in [2.24, 2.45) is 0 Å².